The van der Waals surface area contributed by atoms with Crippen molar-refractivity contribution in [1.82, 2.24) is 3.97 Å². The number of para-hydroxylation sites is 1. The largest absolute Gasteiger partial charge is 0.298 e. The minimum atomic E-state index is -3.92. The molecule has 6 heteroatoms. The van der Waals surface area contributed by atoms with Crippen LogP contribution in [0.4, 0.5) is 4.39 Å². The van der Waals surface area contributed by atoms with Crippen LogP contribution in [0.25, 0.3) is 10.9 Å². The normalized spacial score (nSPS) is 21.8. The van der Waals surface area contributed by atoms with Crippen molar-refractivity contribution in [1.29, 1.82) is 0 Å². The van der Waals surface area contributed by atoms with Gasteiger partial charge in [-0.1, -0.05) is 24.3 Å². The molecule has 3 rings (SSSR count). The van der Waals surface area contributed by atoms with Crippen molar-refractivity contribution in [3.63, 3.8) is 0 Å². The maximum atomic E-state index is 13.6. The molecule has 22 heavy (non-hydrogen) atoms. The lowest BCUT2D eigenvalue weighted by atomic mass is 10.0. The Bertz CT molecular complexity index is 924. The molecule has 0 saturated heterocycles. The van der Waals surface area contributed by atoms with Crippen molar-refractivity contribution < 1.29 is 17.6 Å². The van der Waals surface area contributed by atoms with Gasteiger partial charge in [-0.05, 0) is 31.6 Å². The van der Waals surface area contributed by atoms with Crippen molar-refractivity contribution >= 4 is 27.2 Å². The zero-order chi connectivity index (χ0) is 16.0. The number of nitrogens with zero attached hydrogens (tertiary/aromatic N) is 1. The van der Waals surface area contributed by atoms with Gasteiger partial charge in [-0.3, -0.25) is 4.79 Å². The first-order valence-corrected chi connectivity index (χ1v) is 8.18. The maximum absolute atomic E-state index is 13.6. The van der Waals surface area contributed by atoms with Gasteiger partial charge in [0.1, 0.15) is 10.6 Å². The molecule has 2 aromatic rings. The number of allylic oxidation sites excluding steroid dienone is 3. The molecule has 0 N–H and O–H groups in total. The molecule has 1 aromatic carbocycles. The van der Waals surface area contributed by atoms with Gasteiger partial charge in [-0.15, -0.1) is 0 Å². The predicted molar refractivity (Wildman–Crippen MR) is 83.0 cm³/mol. The Balaban J connectivity index is 2.27. The third-order valence-corrected chi connectivity index (χ3v) is 6.21. The van der Waals surface area contributed by atoms with Gasteiger partial charge in [0.25, 0.3) is 0 Å². The second kappa shape index (κ2) is 4.91. The van der Waals surface area contributed by atoms with Crippen molar-refractivity contribution in [2.75, 3.05) is 0 Å². The summed E-state index contributed by atoms with van der Waals surface area (Å²) in [5.41, 5.74) is 0.702. The van der Waals surface area contributed by atoms with Crippen LogP contribution in [0.5, 0.6) is 0 Å². The highest BCUT2D eigenvalue weighted by Crippen LogP contribution is 2.34. The van der Waals surface area contributed by atoms with E-state index in [2.05, 4.69) is 0 Å². The van der Waals surface area contributed by atoms with Crippen molar-refractivity contribution in [2.24, 2.45) is 0 Å². The van der Waals surface area contributed by atoms with E-state index in [9.17, 15) is 17.6 Å². The molecule has 0 saturated carbocycles. The molecule has 1 unspecified atom stereocenters. The van der Waals surface area contributed by atoms with Crippen molar-refractivity contribution in [3.8, 4) is 0 Å². The third kappa shape index (κ3) is 2.02. The van der Waals surface area contributed by atoms with E-state index in [1.807, 2.05) is 0 Å². The van der Waals surface area contributed by atoms with E-state index in [4.69, 9.17) is 0 Å². The van der Waals surface area contributed by atoms with Crippen LogP contribution in [0.1, 0.15) is 23.7 Å². The van der Waals surface area contributed by atoms with Gasteiger partial charge in [0.05, 0.1) is 5.52 Å². The SMILES string of the molecule is CC1(S(=O)(=O)n2cc(C=O)c3ccccc32)C=C(F)C=CC1. The minimum absolute atomic E-state index is 0.172. The topological polar surface area (TPSA) is 56.1 Å². The lowest BCUT2D eigenvalue weighted by Gasteiger charge is -2.27. The number of aromatic nitrogens is 1. The molecule has 0 radical (unpaired) electrons. The fourth-order valence-electron chi connectivity index (χ4n) is 2.68. The monoisotopic (exact) mass is 319 g/mol. The second-order valence-corrected chi connectivity index (χ2v) is 7.74. The summed E-state index contributed by atoms with van der Waals surface area (Å²) >= 11 is 0. The molecule has 0 bridgehead atoms. The van der Waals surface area contributed by atoms with Crippen LogP contribution in [0.15, 0.2) is 54.5 Å². The Morgan fingerprint density at radius 2 is 2.05 bits per heavy atom. The molecular weight excluding hydrogens is 305 g/mol. The van der Waals surface area contributed by atoms with E-state index in [1.165, 1.54) is 25.3 Å². The molecule has 1 heterocycles. The fourth-order valence-corrected chi connectivity index (χ4v) is 4.36. The van der Waals surface area contributed by atoms with Gasteiger partial charge in [0.2, 0.25) is 10.0 Å². The van der Waals surface area contributed by atoms with Crippen molar-refractivity contribution in [3.05, 3.63) is 60.1 Å². The number of rotatable bonds is 3. The predicted octanol–water partition coefficient (Wildman–Crippen LogP) is 3.20. The third-order valence-electron chi connectivity index (χ3n) is 3.93. The summed E-state index contributed by atoms with van der Waals surface area (Å²) < 4.78 is 39.2. The molecular formula is C16H14FNO3S. The molecule has 1 aliphatic rings. The van der Waals surface area contributed by atoms with Gasteiger partial charge < -0.3 is 0 Å². The highest BCUT2D eigenvalue weighted by atomic mass is 32.2. The average molecular weight is 319 g/mol. The first kappa shape index (κ1) is 14.7. The van der Waals surface area contributed by atoms with E-state index >= 15 is 0 Å². The van der Waals surface area contributed by atoms with Gasteiger partial charge in [0.15, 0.2) is 6.29 Å². The second-order valence-electron chi connectivity index (χ2n) is 5.47. The Kier molecular flexibility index (Phi) is 3.29. The van der Waals surface area contributed by atoms with E-state index in [0.717, 1.165) is 10.0 Å². The van der Waals surface area contributed by atoms with E-state index in [1.54, 1.807) is 24.3 Å². The summed E-state index contributed by atoms with van der Waals surface area (Å²) in [6.45, 7) is 1.47. The fraction of sp³-hybridized carbons (Fsp3) is 0.188. The highest BCUT2D eigenvalue weighted by molar-refractivity contribution is 7.91. The van der Waals surface area contributed by atoms with Gasteiger partial charge >= 0.3 is 0 Å². The molecule has 114 valence electrons. The van der Waals surface area contributed by atoms with E-state index < -0.39 is 20.6 Å². The van der Waals surface area contributed by atoms with Crippen LogP contribution < -0.4 is 0 Å². The zero-order valence-electron chi connectivity index (χ0n) is 11.9. The van der Waals surface area contributed by atoms with Crippen LogP contribution in [0, 0.1) is 0 Å². The number of carbonyl (C=O) groups excluding carboxylic acids is 1. The molecule has 1 aliphatic carbocycles. The molecule has 0 fully saturated rings. The number of hydrogen-bond acceptors (Lipinski definition) is 3. The summed E-state index contributed by atoms with van der Waals surface area (Å²) in [4.78, 5) is 11.2. The first-order valence-electron chi connectivity index (χ1n) is 6.74. The zero-order valence-corrected chi connectivity index (χ0v) is 12.7. The number of benzene rings is 1. The van der Waals surface area contributed by atoms with Crippen molar-refractivity contribution in [2.45, 2.75) is 18.1 Å². The lowest BCUT2D eigenvalue weighted by Crippen LogP contribution is -2.38. The Hall–Kier alpha value is -2.21. The summed E-state index contributed by atoms with van der Waals surface area (Å²) in [7, 11) is -3.92. The van der Waals surface area contributed by atoms with Crippen LogP contribution in [0.2, 0.25) is 0 Å². The quantitative estimate of drug-likeness (QED) is 0.816. The van der Waals surface area contributed by atoms with Gasteiger partial charge in [-0.25, -0.2) is 16.8 Å². The van der Waals surface area contributed by atoms with Crippen LogP contribution in [0.3, 0.4) is 0 Å². The van der Waals surface area contributed by atoms with Crippen LogP contribution in [-0.2, 0) is 10.0 Å². The molecule has 0 spiro atoms. The number of carbonyl (C=O) groups is 1. The highest BCUT2D eigenvalue weighted by Gasteiger charge is 2.40. The van der Waals surface area contributed by atoms with Crippen LogP contribution in [-0.4, -0.2) is 23.4 Å². The first-order chi connectivity index (χ1) is 10.4. The number of fused-ring (bicyclic) bond motifs is 1. The Morgan fingerprint density at radius 1 is 1.32 bits per heavy atom. The van der Waals surface area contributed by atoms with Gasteiger partial charge in [-0.2, -0.15) is 0 Å². The van der Waals surface area contributed by atoms with Gasteiger partial charge in [0, 0.05) is 17.1 Å². The number of aldehydes is 1. The Morgan fingerprint density at radius 3 is 2.73 bits per heavy atom. The summed E-state index contributed by atoms with van der Waals surface area (Å²) in [6, 6.07) is 6.74. The molecule has 0 aliphatic heterocycles. The number of hydrogen-bond donors (Lipinski definition) is 0. The maximum Gasteiger partial charge on any atom is 0.248 e. The van der Waals surface area contributed by atoms with E-state index in [0.29, 0.717) is 22.8 Å². The van der Waals surface area contributed by atoms with Crippen LogP contribution >= 0.6 is 0 Å². The number of halogens is 1. The summed E-state index contributed by atoms with van der Waals surface area (Å²) in [6.07, 6.45) is 5.95. The summed E-state index contributed by atoms with van der Waals surface area (Å²) in [5, 5.41) is 0.556. The minimum Gasteiger partial charge on any atom is -0.298 e. The molecule has 4 nitrogen and oxygen atoms in total. The molecule has 1 atom stereocenters. The Labute approximate surface area is 127 Å². The molecule has 0 amide bonds. The van der Waals surface area contributed by atoms with E-state index in [-0.39, 0.29) is 6.42 Å². The standard InChI is InChI=1S/C16H14FNO3S/c1-16(8-4-5-13(17)9-16)22(20,21)18-10-12(11-19)14-6-2-3-7-15(14)18/h2-7,9-11H,8H2,1H3. The lowest BCUT2D eigenvalue weighted by molar-refractivity contribution is 0.112. The average Bonchev–Trinajstić information content (AvgIpc) is 2.86. The smallest absolute Gasteiger partial charge is 0.248 e. The molecule has 1 aromatic heterocycles. The summed E-state index contributed by atoms with van der Waals surface area (Å²) in [5.74, 6) is -0.579.